The standard InChI is InChI=1S/C17H30N4O4/c1-2-15-19-16(20-25-15)10-3-4-12-13(9-24-14(12)7-10)18-17(23)21-6-5-11(22)8-21/h10-16,19-20,22H,2-9H2,1H3,(H,18,23)/t10?,11-,12?,13+,14?,15?,16?/m0/s1. The molecule has 2 amide bonds. The number of urea groups is 1. The number of fused-ring (bicyclic) bond motifs is 1. The Hall–Kier alpha value is -0.930. The number of hydrogen-bond acceptors (Lipinski definition) is 6. The largest absolute Gasteiger partial charge is 0.391 e. The van der Waals surface area contributed by atoms with E-state index in [0.717, 1.165) is 25.7 Å². The Morgan fingerprint density at radius 3 is 2.96 bits per heavy atom. The Morgan fingerprint density at radius 2 is 2.24 bits per heavy atom. The van der Waals surface area contributed by atoms with Crippen LogP contribution in [-0.4, -0.2) is 66.4 Å². The number of nitrogens with zero attached hydrogens (tertiary/aromatic N) is 1. The molecule has 25 heavy (non-hydrogen) atoms. The zero-order valence-electron chi connectivity index (χ0n) is 14.8. The third-order valence-electron chi connectivity index (χ3n) is 6.19. The van der Waals surface area contributed by atoms with Gasteiger partial charge in [0.2, 0.25) is 0 Å². The van der Waals surface area contributed by atoms with E-state index in [4.69, 9.17) is 9.57 Å². The van der Waals surface area contributed by atoms with Gasteiger partial charge in [0.05, 0.1) is 31.0 Å². The van der Waals surface area contributed by atoms with Gasteiger partial charge < -0.3 is 20.1 Å². The molecule has 0 aromatic heterocycles. The topological polar surface area (TPSA) is 95.1 Å². The van der Waals surface area contributed by atoms with Gasteiger partial charge in [-0.2, -0.15) is 5.48 Å². The Morgan fingerprint density at radius 1 is 1.36 bits per heavy atom. The van der Waals surface area contributed by atoms with E-state index in [9.17, 15) is 9.90 Å². The summed E-state index contributed by atoms with van der Waals surface area (Å²) in [6.45, 7) is 3.76. The molecule has 4 N–H and O–H groups in total. The van der Waals surface area contributed by atoms with Gasteiger partial charge in [0, 0.05) is 19.0 Å². The van der Waals surface area contributed by atoms with E-state index >= 15 is 0 Å². The molecule has 5 unspecified atom stereocenters. The molecule has 142 valence electrons. The van der Waals surface area contributed by atoms with Crippen LogP contribution in [0.4, 0.5) is 4.79 Å². The third kappa shape index (κ3) is 3.64. The lowest BCUT2D eigenvalue weighted by molar-refractivity contribution is 0.00265. The normalized spacial score (nSPS) is 44.1. The van der Waals surface area contributed by atoms with E-state index < -0.39 is 0 Å². The number of hydroxylamine groups is 1. The number of carbonyl (C=O) groups is 1. The molecule has 0 bridgehead atoms. The number of likely N-dealkylation sites (tertiary alicyclic amines) is 1. The van der Waals surface area contributed by atoms with Crippen LogP contribution in [0.3, 0.4) is 0 Å². The predicted octanol–water partition coefficient (Wildman–Crippen LogP) is 0.133. The van der Waals surface area contributed by atoms with Crippen LogP contribution in [0.2, 0.25) is 0 Å². The number of aliphatic hydroxyl groups excluding tert-OH is 1. The highest BCUT2D eigenvalue weighted by Gasteiger charge is 2.45. The third-order valence-corrected chi connectivity index (χ3v) is 6.19. The summed E-state index contributed by atoms with van der Waals surface area (Å²) in [5, 5.41) is 16.2. The van der Waals surface area contributed by atoms with Crippen LogP contribution in [0, 0.1) is 11.8 Å². The summed E-state index contributed by atoms with van der Waals surface area (Å²) in [7, 11) is 0. The van der Waals surface area contributed by atoms with E-state index in [-0.39, 0.29) is 36.7 Å². The van der Waals surface area contributed by atoms with Gasteiger partial charge in [-0.15, -0.1) is 0 Å². The summed E-state index contributed by atoms with van der Waals surface area (Å²) in [6.07, 6.45) is 4.87. The van der Waals surface area contributed by atoms with Crippen molar-refractivity contribution in [2.75, 3.05) is 19.7 Å². The van der Waals surface area contributed by atoms with Crippen molar-refractivity contribution in [1.29, 1.82) is 0 Å². The van der Waals surface area contributed by atoms with Crippen molar-refractivity contribution >= 4 is 6.03 Å². The van der Waals surface area contributed by atoms with E-state index in [1.165, 1.54) is 0 Å². The molecule has 3 saturated heterocycles. The van der Waals surface area contributed by atoms with Gasteiger partial charge in [-0.25, -0.2) is 4.79 Å². The number of aliphatic hydroxyl groups is 1. The summed E-state index contributed by atoms with van der Waals surface area (Å²) in [5.74, 6) is 0.873. The molecule has 1 aliphatic carbocycles. The first kappa shape index (κ1) is 17.5. The van der Waals surface area contributed by atoms with E-state index in [0.29, 0.717) is 38.0 Å². The van der Waals surface area contributed by atoms with Gasteiger partial charge in [0.25, 0.3) is 0 Å². The van der Waals surface area contributed by atoms with Gasteiger partial charge in [-0.1, -0.05) is 6.92 Å². The maximum atomic E-state index is 12.4. The molecule has 4 fully saturated rings. The Kier molecular flexibility index (Phi) is 5.15. The van der Waals surface area contributed by atoms with Crippen molar-refractivity contribution in [3.05, 3.63) is 0 Å². The highest BCUT2D eigenvalue weighted by atomic mass is 16.7. The van der Waals surface area contributed by atoms with Crippen LogP contribution in [0.25, 0.3) is 0 Å². The van der Waals surface area contributed by atoms with Crippen LogP contribution in [-0.2, 0) is 9.57 Å². The number of nitrogens with one attached hydrogen (secondary N) is 3. The quantitative estimate of drug-likeness (QED) is 0.576. The van der Waals surface area contributed by atoms with Crippen LogP contribution in [0.5, 0.6) is 0 Å². The fraction of sp³-hybridized carbons (Fsp3) is 0.941. The van der Waals surface area contributed by atoms with Crippen molar-refractivity contribution in [2.24, 2.45) is 11.8 Å². The van der Waals surface area contributed by atoms with Crippen molar-refractivity contribution in [3.8, 4) is 0 Å². The number of β-amino-alcohol motifs (C(OH)–C–C–N with tert-alkyl or cyclic N) is 1. The summed E-state index contributed by atoms with van der Waals surface area (Å²) in [6, 6.07) is 0.0200. The van der Waals surface area contributed by atoms with E-state index in [2.05, 4.69) is 23.0 Å². The first-order chi connectivity index (χ1) is 12.1. The second-order valence-electron chi connectivity index (χ2n) is 7.83. The minimum absolute atomic E-state index is 0.0637. The molecule has 8 heteroatoms. The minimum atomic E-state index is -0.380. The summed E-state index contributed by atoms with van der Waals surface area (Å²) in [4.78, 5) is 19.6. The van der Waals surface area contributed by atoms with Gasteiger partial charge in [-0.05, 0) is 38.0 Å². The number of hydrogen-bond donors (Lipinski definition) is 4. The molecule has 0 radical (unpaired) electrons. The van der Waals surface area contributed by atoms with Crippen LogP contribution in [0.1, 0.15) is 39.0 Å². The average Bonchev–Trinajstić information content (AvgIpc) is 3.34. The summed E-state index contributed by atoms with van der Waals surface area (Å²) in [5.41, 5.74) is 3.13. The van der Waals surface area contributed by atoms with E-state index in [1.807, 2.05) is 0 Å². The van der Waals surface area contributed by atoms with Gasteiger partial charge in [0.15, 0.2) is 0 Å². The summed E-state index contributed by atoms with van der Waals surface area (Å²) >= 11 is 0. The number of rotatable bonds is 3. The average molecular weight is 354 g/mol. The maximum absolute atomic E-state index is 12.4. The molecule has 0 aromatic carbocycles. The fourth-order valence-corrected chi connectivity index (χ4v) is 4.67. The van der Waals surface area contributed by atoms with Crippen molar-refractivity contribution in [3.63, 3.8) is 0 Å². The molecular weight excluding hydrogens is 324 g/mol. The predicted molar refractivity (Wildman–Crippen MR) is 90.3 cm³/mol. The maximum Gasteiger partial charge on any atom is 0.317 e. The molecule has 8 nitrogen and oxygen atoms in total. The van der Waals surface area contributed by atoms with E-state index in [1.54, 1.807) is 4.90 Å². The van der Waals surface area contributed by atoms with Crippen molar-refractivity contribution < 1.29 is 19.5 Å². The molecule has 0 spiro atoms. The molecule has 3 heterocycles. The molecule has 0 aromatic rings. The monoisotopic (exact) mass is 354 g/mol. The summed E-state index contributed by atoms with van der Waals surface area (Å²) < 4.78 is 6.02. The first-order valence-electron chi connectivity index (χ1n) is 9.66. The molecule has 4 aliphatic rings. The van der Waals surface area contributed by atoms with Crippen molar-refractivity contribution in [2.45, 2.75) is 69.7 Å². The molecule has 7 atom stereocenters. The second-order valence-corrected chi connectivity index (χ2v) is 7.83. The van der Waals surface area contributed by atoms with Crippen LogP contribution < -0.4 is 16.1 Å². The zero-order chi connectivity index (χ0) is 17.4. The number of carbonyl (C=O) groups excluding carboxylic acids is 1. The number of amides is 2. The fourth-order valence-electron chi connectivity index (χ4n) is 4.67. The number of ether oxygens (including phenoxy) is 1. The van der Waals surface area contributed by atoms with Gasteiger partial charge >= 0.3 is 6.03 Å². The van der Waals surface area contributed by atoms with Crippen molar-refractivity contribution in [1.82, 2.24) is 21.0 Å². The Balaban J connectivity index is 1.28. The van der Waals surface area contributed by atoms with Gasteiger partial charge in [-0.3, -0.25) is 10.2 Å². The first-order valence-corrected chi connectivity index (χ1v) is 9.66. The SMILES string of the molecule is CCC1NC(C2CCC3C(C2)OC[C@H]3NC(=O)N2CC[C@H](O)C2)NO1. The Labute approximate surface area is 148 Å². The molecule has 3 aliphatic heterocycles. The molecule has 4 rings (SSSR count). The molecule has 1 saturated carbocycles. The Bertz CT molecular complexity index is 493. The second kappa shape index (κ2) is 7.36. The van der Waals surface area contributed by atoms with Crippen LogP contribution in [0.15, 0.2) is 0 Å². The molecular formula is C17H30N4O4. The van der Waals surface area contributed by atoms with Crippen LogP contribution >= 0.6 is 0 Å². The smallest absolute Gasteiger partial charge is 0.317 e. The highest BCUT2D eigenvalue weighted by molar-refractivity contribution is 5.75. The highest BCUT2D eigenvalue weighted by Crippen LogP contribution is 2.39. The van der Waals surface area contributed by atoms with Gasteiger partial charge in [0.1, 0.15) is 6.23 Å². The minimum Gasteiger partial charge on any atom is -0.391 e. The lowest BCUT2D eigenvalue weighted by Gasteiger charge is -2.35. The lowest BCUT2D eigenvalue weighted by Crippen LogP contribution is -2.50. The lowest BCUT2D eigenvalue weighted by atomic mass is 9.77. The zero-order valence-corrected chi connectivity index (χ0v) is 14.8.